The van der Waals surface area contributed by atoms with Crippen LogP contribution in [0.2, 0.25) is 0 Å². The molecule has 1 atom stereocenters. The fourth-order valence-electron chi connectivity index (χ4n) is 3.87. The third kappa shape index (κ3) is 19.1. The molecule has 0 aliphatic rings. The van der Waals surface area contributed by atoms with Crippen molar-refractivity contribution in [3.05, 3.63) is 42.0 Å². The summed E-state index contributed by atoms with van der Waals surface area (Å²) in [4.78, 5) is 9.76. The normalized spacial score (nSPS) is 13.8. The van der Waals surface area contributed by atoms with Crippen molar-refractivity contribution in [2.24, 2.45) is 0 Å². The van der Waals surface area contributed by atoms with Crippen LogP contribution in [0.5, 0.6) is 0 Å². The maximum absolute atomic E-state index is 12.1. The van der Waals surface area contributed by atoms with Crippen LogP contribution in [0.3, 0.4) is 0 Å². The Balaban J connectivity index is 1.91. The van der Waals surface area contributed by atoms with Crippen LogP contribution in [0.25, 0.3) is 0 Å². The highest BCUT2D eigenvalue weighted by Crippen LogP contribution is 2.42. The van der Waals surface area contributed by atoms with Crippen LogP contribution in [0.1, 0.15) is 109 Å². The van der Waals surface area contributed by atoms with E-state index in [1.54, 1.807) is 12.1 Å². The van der Waals surface area contributed by atoms with E-state index >= 15 is 0 Å². The van der Waals surface area contributed by atoms with E-state index in [2.05, 4.69) is 19.1 Å². The quantitative estimate of drug-likeness (QED) is 0.0542. The standard InChI is InChI=1S/C29H51O7PS/c1-3-4-5-6-7-8-9-10-11-12-13-14-15-16-17-18-24-34-25-19-26-35-37(30,31)27-36-38(32,33)29-22-20-28(2)21-23-29/h10-11,20-23H,3-9,12-19,24-27H2,1-2H3,(H,30,31)/b11-10+. The molecule has 1 unspecified atom stereocenters. The van der Waals surface area contributed by atoms with Crippen molar-refractivity contribution < 1.29 is 31.3 Å². The largest absolute Gasteiger partial charge is 0.381 e. The summed E-state index contributed by atoms with van der Waals surface area (Å²) >= 11 is 0. The Morgan fingerprint density at radius 3 is 1.89 bits per heavy atom. The zero-order valence-corrected chi connectivity index (χ0v) is 25.4. The number of aryl methyl sites for hydroxylation is 1. The first-order chi connectivity index (χ1) is 18.3. The minimum Gasteiger partial charge on any atom is -0.381 e. The molecule has 1 rings (SSSR count). The van der Waals surface area contributed by atoms with Gasteiger partial charge in [0.15, 0.2) is 6.35 Å². The van der Waals surface area contributed by atoms with E-state index in [0.717, 1.165) is 18.4 Å². The highest BCUT2D eigenvalue weighted by molar-refractivity contribution is 7.87. The predicted octanol–water partition coefficient (Wildman–Crippen LogP) is 8.30. The van der Waals surface area contributed by atoms with Gasteiger partial charge in [-0.25, -0.2) is 0 Å². The molecular weight excluding hydrogens is 523 g/mol. The topological polar surface area (TPSA) is 99.1 Å². The molecule has 0 radical (unpaired) electrons. The molecular formula is C29H51O7PS. The first kappa shape index (κ1) is 35.0. The van der Waals surface area contributed by atoms with Gasteiger partial charge in [0, 0.05) is 13.2 Å². The SMILES string of the molecule is CCCCCCCC/C=C/CCCCCCCCOCCCOP(=O)(O)COS(=O)(=O)c1ccc(C)cc1. The molecule has 38 heavy (non-hydrogen) atoms. The van der Waals surface area contributed by atoms with E-state index in [1.807, 2.05) is 6.92 Å². The molecule has 1 N–H and O–H groups in total. The summed E-state index contributed by atoms with van der Waals surface area (Å²) in [7, 11) is -8.29. The van der Waals surface area contributed by atoms with E-state index in [9.17, 15) is 17.9 Å². The number of hydrogen-bond acceptors (Lipinski definition) is 6. The van der Waals surface area contributed by atoms with Crippen molar-refractivity contribution in [1.82, 2.24) is 0 Å². The lowest BCUT2D eigenvalue weighted by Gasteiger charge is -2.13. The summed E-state index contributed by atoms with van der Waals surface area (Å²) in [6.45, 7) is 5.17. The van der Waals surface area contributed by atoms with Crippen molar-refractivity contribution in [3.8, 4) is 0 Å². The van der Waals surface area contributed by atoms with Gasteiger partial charge in [-0.1, -0.05) is 94.6 Å². The molecule has 0 saturated heterocycles. The monoisotopic (exact) mass is 574 g/mol. The van der Waals surface area contributed by atoms with Crippen molar-refractivity contribution in [2.75, 3.05) is 26.2 Å². The first-order valence-corrected chi connectivity index (χ1v) is 17.6. The summed E-state index contributed by atoms with van der Waals surface area (Å²) in [5.74, 6) is 0. The summed E-state index contributed by atoms with van der Waals surface area (Å²) in [6.07, 6.45) is 22.0. The zero-order valence-electron chi connectivity index (χ0n) is 23.7. The lowest BCUT2D eigenvalue weighted by molar-refractivity contribution is 0.112. The molecule has 0 aromatic heterocycles. The van der Waals surface area contributed by atoms with Crippen LogP contribution >= 0.6 is 7.60 Å². The summed E-state index contributed by atoms with van der Waals surface area (Å²) in [6, 6.07) is 6.04. The maximum Gasteiger partial charge on any atom is 0.355 e. The Kier molecular flexibility index (Phi) is 20.0. The number of hydrogen-bond donors (Lipinski definition) is 1. The van der Waals surface area contributed by atoms with Gasteiger partial charge in [0.25, 0.3) is 10.1 Å². The lowest BCUT2D eigenvalue weighted by Crippen LogP contribution is -2.10. The lowest BCUT2D eigenvalue weighted by atomic mass is 10.1. The number of ether oxygens (including phenoxy) is 1. The average Bonchev–Trinajstić information content (AvgIpc) is 2.89. The molecule has 0 amide bonds. The number of unbranched alkanes of at least 4 members (excludes halogenated alkanes) is 12. The van der Waals surface area contributed by atoms with Gasteiger partial charge in [0.2, 0.25) is 0 Å². The van der Waals surface area contributed by atoms with Crippen LogP contribution < -0.4 is 0 Å². The van der Waals surface area contributed by atoms with E-state index in [4.69, 9.17) is 13.4 Å². The van der Waals surface area contributed by atoms with Crippen LogP contribution in [0.4, 0.5) is 0 Å². The molecule has 7 nitrogen and oxygen atoms in total. The van der Waals surface area contributed by atoms with E-state index < -0.39 is 24.1 Å². The van der Waals surface area contributed by atoms with Crippen molar-refractivity contribution in [1.29, 1.82) is 0 Å². The van der Waals surface area contributed by atoms with E-state index in [0.29, 0.717) is 19.6 Å². The van der Waals surface area contributed by atoms with Gasteiger partial charge in [-0.2, -0.15) is 8.42 Å². The second kappa shape index (κ2) is 21.8. The number of benzene rings is 1. The molecule has 0 saturated carbocycles. The molecule has 1 aromatic carbocycles. The van der Waals surface area contributed by atoms with Crippen molar-refractivity contribution in [2.45, 2.75) is 115 Å². The van der Waals surface area contributed by atoms with Crippen molar-refractivity contribution >= 4 is 17.7 Å². The molecule has 0 spiro atoms. The minimum absolute atomic E-state index is 0.00484. The highest BCUT2D eigenvalue weighted by Gasteiger charge is 2.25. The Hall–Kier alpha value is -1.02. The van der Waals surface area contributed by atoms with Gasteiger partial charge in [0.1, 0.15) is 0 Å². The molecule has 0 heterocycles. The molecule has 0 fully saturated rings. The van der Waals surface area contributed by atoms with Gasteiger partial charge in [0.05, 0.1) is 11.5 Å². The van der Waals surface area contributed by atoms with E-state index in [1.165, 1.54) is 89.2 Å². The van der Waals surface area contributed by atoms with Crippen LogP contribution in [-0.2, 0) is 28.1 Å². The number of allylic oxidation sites excluding steroid dienone is 2. The van der Waals surface area contributed by atoms with Gasteiger partial charge in [-0.3, -0.25) is 8.75 Å². The van der Waals surface area contributed by atoms with Crippen LogP contribution in [-0.4, -0.2) is 39.5 Å². The summed E-state index contributed by atoms with van der Waals surface area (Å²) in [5, 5.41) is 0. The Bertz CT molecular complexity index is 885. The molecule has 220 valence electrons. The maximum atomic E-state index is 12.1. The average molecular weight is 575 g/mol. The van der Waals surface area contributed by atoms with Crippen molar-refractivity contribution in [3.63, 3.8) is 0 Å². The molecule has 0 aliphatic heterocycles. The van der Waals surface area contributed by atoms with Gasteiger partial charge >= 0.3 is 7.60 Å². The third-order valence-electron chi connectivity index (χ3n) is 6.21. The molecule has 0 bridgehead atoms. The number of rotatable bonds is 25. The van der Waals surface area contributed by atoms with Gasteiger partial charge in [-0.05, 0) is 57.6 Å². The fourth-order valence-corrected chi connectivity index (χ4v) is 6.05. The van der Waals surface area contributed by atoms with Gasteiger partial charge in [-0.15, -0.1) is 0 Å². The summed E-state index contributed by atoms with van der Waals surface area (Å²) in [5.41, 5.74) is 0.898. The van der Waals surface area contributed by atoms with Crippen LogP contribution in [0.15, 0.2) is 41.3 Å². The fraction of sp³-hybridized carbons (Fsp3) is 0.724. The van der Waals surface area contributed by atoms with E-state index in [-0.39, 0.29) is 11.5 Å². The minimum atomic E-state index is -4.18. The Morgan fingerprint density at radius 1 is 0.763 bits per heavy atom. The summed E-state index contributed by atoms with van der Waals surface area (Å²) < 4.78 is 51.5. The second-order valence-electron chi connectivity index (χ2n) is 9.89. The Labute approximate surface area is 232 Å². The first-order valence-electron chi connectivity index (χ1n) is 14.4. The highest BCUT2D eigenvalue weighted by atomic mass is 32.2. The third-order valence-corrected chi connectivity index (χ3v) is 8.70. The Morgan fingerprint density at radius 2 is 1.29 bits per heavy atom. The molecule has 9 heteroatoms. The smallest absolute Gasteiger partial charge is 0.355 e. The predicted molar refractivity (Wildman–Crippen MR) is 155 cm³/mol. The molecule has 1 aromatic rings. The zero-order chi connectivity index (χ0) is 28.0. The second-order valence-corrected chi connectivity index (χ2v) is 13.3. The van der Waals surface area contributed by atoms with Crippen LogP contribution in [0, 0.1) is 6.92 Å². The van der Waals surface area contributed by atoms with Gasteiger partial charge < -0.3 is 14.2 Å². The molecule has 0 aliphatic carbocycles.